The molecule has 2 aromatic rings. The van der Waals surface area contributed by atoms with Gasteiger partial charge in [0.1, 0.15) is 5.75 Å². The van der Waals surface area contributed by atoms with Crippen LogP contribution >= 0.6 is 23.4 Å². The zero-order chi connectivity index (χ0) is 19.4. The number of aryl methyl sites for hydroxylation is 1. The van der Waals surface area contributed by atoms with Gasteiger partial charge >= 0.3 is 0 Å². The van der Waals surface area contributed by atoms with Gasteiger partial charge in [0.05, 0.1) is 22.3 Å². The number of phenolic OH excluding ortho intramolecular Hbond substituents is 1. The quantitative estimate of drug-likeness (QED) is 0.551. The number of halogens is 2. The van der Waals surface area contributed by atoms with Crippen molar-refractivity contribution in [3.05, 3.63) is 63.5 Å². The highest BCUT2D eigenvalue weighted by Crippen LogP contribution is 2.37. The molecule has 27 heavy (non-hydrogen) atoms. The third-order valence-electron chi connectivity index (χ3n) is 3.97. The minimum atomic E-state index is -0.450. The molecule has 7 heteroatoms. The second-order valence-corrected chi connectivity index (χ2v) is 7.37. The van der Waals surface area contributed by atoms with Crippen LogP contribution in [0.2, 0.25) is 5.02 Å². The summed E-state index contributed by atoms with van der Waals surface area (Å²) < 4.78 is 12.5. The van der Waals surface area contributed by atoms with E-state index in [1.54, 1.807) is 23.1 Å². The molecule has 1 fully saturated rings. The zero-order valence-corrected chi connectivity index (χ0v) is 16.2. The number of aliphatic imine (C=N–C) groups is 1. The molecule has 4 nitrogen and oxygen atoms in total. The lowest BCUT2D eigenvalue weighted by molar-refractivity contribution is -0.113. The van der Waals surface area contributed by atoms with E-state index in [9.17, 15) is 14.3 Å². The molecule has 1 aliphatic heterocycles. The summed E-state index contributed by atoms with van der Waals surface area (Å²) in [5, 5.41) is 10.3. The highest BCUT2D eigenvalue weighted by atomic mass is 35.5. The number of amidine groups is 1. The van der Waals surface area contributed by atoms with E-state index < -0.39 is 6.67 Å². The highest BCUT2D eigenvalue weighted by molar-refractivity contribution is 8.19. The lowest BCUT2D eigenvalue weighted by atomic mass is 10.1. The van der Waals surface area contributed by atoms with Crippen LogP contribution in [0, 0.1) is 6.92 Å². The van der Waals surface area contributed by atoms with Crippen molar-refractivity contribution in [2.45, 2.75) is 13.3 Å². The van der Waals surface area contributed by atoms with Crippen molar-refractivity contribution in [3.63, 3.8) is 0 Å². The van der Waals surface area contributed by atoms with Crippen molar-refractivity contribution in [2.24, 2.45) is 4.99 Å². The minimum Gasteiger partial charge on any atom is -0.506 e. The predicted octanol–water partition coefficient (Wildman–Crippen LogP) is 5.19. The SMILES string of the molecule is Cc1ccccc1N1C(=O)/C(=C/c2ccc(O)c(Cl)c2)SC1=NCCCF. The summed E-state index contributed by atoms with van der Waals surface area (Å²) in [6.07, 6.45) is 2.02. The molecule has 3 rings (SSSR count). The molecule has 0 radical (unpaired) electrons. The van der Waals surface area contributed by atoms with Gasteiger partial charge in [-0.3, -0.25) is 19.1 Å². The third kappa shape index (κ3) is 4.34. The number of aromatic hydroxyl groups is 1. The average Bonchev–Trinajstić information content (AvgIpc) is 2.94. The van der Waals surface area contributed by atoms with Crippen LogP contribution in [-0.2, 0) is 4.79 Å². The summed E-state index contributed by atoms with van der Waals surface area (Å²) in [7, 11) is 0. The summed E-state index contributed by atoms with van der Waals surface area (Å²) in [6, 6.07) is 12.3. The number of hydrogen-bond acceptors (Lipinski definition) is 4. The van der Waals surface area contributed by atoms with Gasteiger partial charge in [-0.05, 0) is 60.5 Å². The number of carbonyl (C=O) groups is 1. The smallest absolute Gasteiger partial charge is 0.271 e. The largest absolute Gasteiger partial charge is 0.506 e. The van der Waals surface area contributed by atoms with Gasteiger partial charge in [-0.15, -0.1) is 0 Å². The van der Waals surface area contributed by atoms with Crippen molar-refractivity contribution in [3.8, 4) is 5.75 Å². The number of benzene rings is 2. The van der Waals surface area contributed by atoms with E-state index in [0.29, 0.717) is 28.6 Å². The van der Waals surface area contributed by atoms with Gasteiger partial charge in [0, 0.05) is 6.54 Å². The second-order valence-electron chi connectivity index (χ2n) is 5.96. The maximum atomic E-state index is 13.1. The van der Waals surface area contributed by atoms with Crippen LogP contribution in [-0.4, -0.2) is 29.4 Å². The Hall–Kier alpha value is -2.31. The molecule has 0 bridgehead atoms. The van der Waals surface area contributed by atoms with E-state index in [1.807, 2.05) is 31.2 Å². The van der Waals surface area contributed by atoms with Crippen molar-refractivity contribution >= 4 is 46.2 Å². The number of nitrogens with zero attached hydrogens (tertiary/aromatic N) is 2. The fraction of sp³-hybridized carbons (Fsp3) is 0.200. The maximum absolute atomic E-state index is 13.1. The molecule has 0 spiro atoms. The summed E-state index contributed by atoms with van der Waals surface area (Å²) in [5.41, 5.74) is 2.39. The first-order valence-electron chi connectivity index (χ1n) is 8.40. The van der Waals surface area contributed by atoms with Crippen LogP contribution in [0.25, 0.3) is 6.08 Å². The van der Waals surface area contributed by atoms with E-state index in [4.69, 9.17) is 11.6 Å². The van der Waals surface area contributed by atoms with E-state index in [0.717, 1.165) is 11.3 Å². The van der Waals surface area contributed by atoms with Gasteiger partial charge in [-0.1, -0.05) is 35.9 Å². The maximum Gasteiger partial charge on any atom is 0.271 e. The molecule has 140 valence electrons. The van der Waals surface area contributed by atoms with Gasteiger partial charge in [0.15, 0.2) is 5.17 Å². The van der Waals surface area contributed by atoms with Crippen molar-refractivity contribution < 1.29 is 14.3 Å². The molecule has 1 aliphatic rings. The molecule has 1 saturated heterocycles. The Morgan fingerprint density at radius 3 is 2.78 bits per heavy atom. The standard InChI is InChI=1S/C20H18ClFN2O2S/c1-13-5-2-3-6-16(13)24-19(26)18(27-20(24)23-10-4-9-22)12-14-7-8-17(25)15(21)11-14/h2-3,5-8,11-12,25H,4,9-10H2,1H3/b18-12-,23-20?. The van der Waals surface area contributed by atoms with Gasteiger partial charge in [-0.25, -0.2) is 0 Å². The van der Waals surface area contributed by atoms with E-state index in [1.165, 1.54) is 17.8 Å². The van der Waals surface area contributed by atoms with Gasteiger partial charge in [0.25, 0.3) is 5.91 Å². The first-order chi connectivity index (χ1) is 13.0. The van der Waals surface area contributed by atoms with E-state index in [-0.39, 0.29) is 16.7 Å². The summed E-state index contributed by atoms with van der Waals surface area (Å²) in [6.45, 7) is 1.79. The molecule has 0 aliphatic carbocycles. The van der Waals surface area contributed by atoms with Gasteiger partial charge in [0.2, 0.25) is 0 Å². The first-order valence-corrected chi connectivity index (χ1v) is 9.59. The summed E-state index contributed by atoms with van der Waals surface area (Å²) in [4.78, 5) is 19.5. The number of rotatable bonds is 5. The number of anilines is 1. The van der Waals surface area contributed by atoms with Crippen molar-refractivity contribution in [2.75, 3.05) is 18.1 Å². The third-order valence-corrected chi connectivity index (χ3v) is 5.28. The fourth-order valence-corrected chi connectivity index (χ4v) is 3.79. The molecular formula is C20H18ClFN2O2S. The van der Waals surface area contributed by atoms with Crippen LogP contribution < -0.4 is 4.90 Å². The fourth-order valence-electron chi connectivity index (χ4n) is 2.60. The number of carbonyl (C=O) groups excluding carboxylic acids is 1. The Balaban J connectivity index is 1.99. The molecule has 1 amide bonds. The van der Waals surface area contributed by atoms with Crippen LogP contribution in [0.3, 0.4) is 0 Å². The number of thioether (sulfide) groups is 1. The van der Waals surface area contributed by atoms with E-state index >= 15 is 0 Å². The van der Waals surface area contributed by atoms with Crippen LogP contribution in [0.5, 0.6) is 5.75 Å². The van der Waals surface area contributed by atoms with Crippen LogP contribution in [0.4, 0.5) is 10.1 Å². The van der Waals surface area contributed by atoms with E-state index in [2.05, 4.69) is 4.99 Å². The molecular weight excluding hydrogens is 387 g/mol. The number of hydrogen-bond donors (Lipinski definition) is 1. The molecule has 2 aromatic carbocycles. The lowest BCUT2D eigenvalue weighted by Crippen LogP contribution is -2.29. The molecule has 0 unspecified atom stereocenters. The van der Waals surface area contributed by atoms with Gasteiger partial charge < -0.3 is 5.11 Å². The Morgan fingerprint density at radius 1 is 1.30 bits per heavy atom. The molecule has 1 heterocycles. The summed E-state index contributed by atoms with van der Waals surface area (Å²) >= 11 is 7.20. The number of amides is 1. The highest BCUT2D eigenvalue weighted by Gasteiger charge is 2.35. The van der Waals surface area contributed by atoms with Crippen molar-refractivity contribution in [1.29, 1.82) is 0 Å². The number of phenols is 1. The lowest BCUT2D eigenvalue weighted by Gasteiger charge is -2.18. The predicted molar refractivity (Wildman–Crippen MR) is 110 cm³/mol. The Morgan fingerprint density at radius 2 is 2.07 bits per heavy atom. The molecule has 1 N–H and O–H groups in total. The van der Waals surface area contributed by atoms with Gasteiger partial charge in [-0.2, -0.15) is 0 Å². The molecule has 0 atom stereocenters. The Bertz CT molecular complexity index is 930. The summed E-state index contributed by atoms with van der Waals surface area (Å²) in [5.74, 6) is -0.211. The Labute approximate surface area is 166 Å². The minimum absolute atomic E-state index is 0.0146. The average molecular weight is 405 g/mol. The monoisotopic (exact) mass is 404 g/mol. The first kappa shape index (κ1) is 19.5. The van der Waals surface area contributed by atoms with Crippen LogP contribution in [0.15, 0.2) is 52.4 Å². The molecule has 0 aromatic heterocycles. The zero-order valence-electron chi connectivity index (χ0n) is 14.7. The van der Waals surface area contributed by atoms with Crippen molar-refractivity contribution in [1.82, 2.24) is 0 Å². The second kappa shape index (κ2) is 8.59. The topological polar surface area (TPSA) is 52.9 Å². The molecule has 0 saturated carbocycles. The number of para-hydroxylation sites is 1. The Kier molecular flexibility index (Phi) is 6.19. The van der Waals surface area contributed by atoms with Crippen LogP contribution in [0.1, 0.15) is 17.5 Å². The number of alkyl halides is 1. The normalized spacial score (nSPS) is 17.3.